The Kier molecular flexibility index (Phi) is 9.74. The fourth-order valence-corrected chi connectivity index (χ4v) is 5.16. The fraction of sp³-hybridized carbons (Fsp3) is 0.714. The van der Waals surface area contributed by atoms with Gasteiger partial charge in [0.05, 0.1) is 37.1 Å². The Hall–Kier alpha value is -2.04. The lowest BCUT2D eigenvalue weighted by molar-refractivity contribution is -0.192. The zero-order valence-electron chi connectivity index (χ0n) is 22.8. The van der Waals surface area contributed by atoms with Gasteiger partial charge in [0, 0.05) is 19.4 Å². The van der Waals surface area contributed by atoms with Crippen LogP contribution in [0.25, 0.3) is 0 Å². The first-order valence-corrected chi connectivity index (χ1v) is 13.1. The lowest BCUT2D eigenvalue weighted by Gasteiger charge is -2.42. The van der Waals surface area contributed by atoms with Gasteiger partial charge >= 0.3 is 5.97 Å². The van der Waals surface area contributed by atoms with Crippen LogP contribution in [0.2, 0.25) is 0 Å². The Balaban J connectivity index is 1.50. The zero-order chi connectivity index (χ0) is 27.4. The van der Waals surface area contributed by atoms with Gasteiger partial charge in [-0.1, -0.05) is 30.7 Å². The summed E-state index contributed by atoms with van der Waals surface area (Å²) < 4.78 is 22.8. The first-order chi connectivity index (χ1) is 17.4. The van der Waals surface area contributed by atoms with Crippen molar-refractivity contribution in [2.75, 3.05) is 13.2 Å². The summed E-state index contributed by atoms with van der Waals surface area (Å²) in [5, 5.41) is 23.5. The van der Waals surface area contributed by atoms with Gasteiger partial charge in [-0.2, -0.15) is 0 Å². The standard InChI is InChI=1S/C28H43NO8/c1-17(8-11-24-26(33)28(16-34-28)14-27(6,15-30)37-24)7-10-23-18(2)13-22(20(4)36-23)29-25(32)12-9-19(3)35-21(5)31/h7-9,11-12,18-20,22-24,26,30,33H,10,13-16H2,1-6H3,(H,29,32)/t18-,19+,20+,22+,23-,24+,26+,27+,28+/m0/s1. The van der Waals surface area contributed by atoms with E-state index in [-0.39, 0.29) is 36.7 Å². The van der Waals surface area contributed by atoms with Crippen molar-refractivity contribution in [1.29, 1.82) is 0 Å². The second kappa shape index (κ2) is 12.2. The number of aliphatic hydroxyl groups is 2. The van der Waals surface area contributed by atoms with Gasteiger partial charge in [-0.15, -0.1) is 0 Å². The number of carbonyl (C=O) groups is 2. The quantitative estimate of drug-likeness (QED) is 0.183. The van der Waals surface area contributed by atoms with E-state index >= 15 is 0 Å². The van der Waals surface area contributed by atoms with E-state index in [0.717, 1.165) is 18.4 Å². The molecule has 3 heterocycles. The van der Waals surface area contributed by atoms with Crippen LogP contribution in [0.5, 0.6) is 0 Å². The van der Waals surface area contributed by atoms with Crippen molar-refractivity contribution in [1.82, 2.24) is 5.32 Å². The molecule has 3 aliphatic heterocycles. The molecule has 9 heteroatoms. The zero-order valence-corrected chi connectivity index (χ0v) is 22.8. The van der Waals surface area contributed by atoms with Gasteiger partial charge in [0.25, 0.3) is 0 Å². The normalized spacial score (nSPS) is 39.2. The van der Waals surface area contributed by atoms with Crippen LogP contribution < -0.4 is 5.32 Å². The highest BCUT2D eigenvalue weighted by atomic mass is 16.6. The predicted molar refractivity (Wildman–Crippen MR) is 138 cm³/mol. The Morgan fingerprint density at radius 1 is 1.24 bits per heavy atom. The molecule has 0 aromatic heterocycles. The van der Waals surface area contributed by atoms with Crippen LogP contribution >= 0.6 is 0 Å². The maximum Gasteiger partial charge on any atom is 0.303 e. The number of allylic oxidation sites excluding steroid dienone is 2. The first kappa shape index (κ1) is 29.5. The van der Waals surface area contributed by atoms with Gasteiger partial charge < -0.3 is 34.5 Å². The summed E-state index contributed by atoms with van der Waals surface area (Å²) in [6.07, 6.45) is 8.86. The molecule has 0 aromatic carbocycles. The van der Waals surface area contributed by atoms with Gasteiger partial charge in [0.1, 0.15) is 23.9 Å². The Labute approximate surface area is 219 Å². The summed E-state index contributed by atoms with van der Waals surface area (Å²) in [6.45, 7) is 11.3. The van der Waals surface area contributed by atoms with E-state index in [2.05, 4.69) is 18.3 Å². The highest BCUT2D eigenvalue weighted by molar-refractivity contribution is 5.87. The van der Waals surface area contributed by atoms with Crippen molar-refractivity contribution in [2.45, 2.75) is 109 Å². The minimum Gasteiger partial charge on any atom is -0.459 e. The van der Waals surface area contributed by atoms with Gasteiger partial charge in [-0.05, 0) is 52.5 Å². The maximum atomic E-state index is 12.3. The van der Waals surface area contributed by atoms with Crippen molar-refractivity contribution >= 4 is 11.9 Å². The summed E-state index contributed by atoms with van der Waals surface area (Å²) in [5.41, 5.74) is -0.345. The van der Waals surface area contributed by atoms with Crippen molar-refractivity contribution in [2.24, 2.45) is 5.92 Å². The highest BCUT2D eigenvalue weighted by Crippen LogP contribution is 2.46. The second-order valence-electron chi connectivity index (χ2n) is 11.1. The van der Waals surface area contributed by atoms with E-state index < -0.39 is 35.5 Å². The van der Waals surface area contributed by atoms with E-state index in [9.17, 15) is 19.8 Å². The van der Waals surface area contributed by atoms with Gasteiger partial charge in [0.2, 0.25) is 5.91 Å². The summed E-state index contributed by atoms with van der Waals surface area (Å²) in [4.78, 5) is 23.3. The maximum absolute atomic E-state index is 12.3. The van der Waals surface area contributed by atoms with Crippen molar-refractivity contribution in [3.05, 3.63) is 36.0 Å². The molecule has 0 aliphatic carbocycles. The number of esters is 1. The summed E-state index contributed by atoms with van der Waals surface area (Å²) in [6, 6.07) is -0.111. The molecule has 9 nitrogen and oxygen atoms in total. The van der Waals surface area contributed by atoms with Crippen molar-refractivity contribution in [3.63, 3.8) is 0 Å². The molecule has 0 aromatic rings. The molecule has 1 spiro atoms. The third-order valence-electron chi connectivity index (χ3n) is 7.43. The molecular weight excluding hydrogens is 478 g/mol. The summed E-state index contributed by atoms with van der Waals surface area (Å²) in [7, 11) is 0. The fourth-order valence-electron chi connectivity index (χ4n) is 5.16. The number of nitrogens with one attached hydrogen (secondary N) is 1. The van der Waals surface area contributed by atoms with Crippen LogP contribution in [0.15, 0.2) is 36.0 Å². The minimum absolute atomic E-state index is 0.0170. The molecule has 0 unspecified atom stereocenters. The summed E-state index contributed by atoms with van der Waals surface area (Å²) >= 11 is 0. The van der Waals surface area contributed by atoms with Crippen LogP contribution in [0.3, 0.4) is 0 Å². The molecule has 3 rings (SSSR count). The van der Waals surface area contributed by atoms with Crippen LogP contribution in [-0.4, -0.2) is 83.1 Å². The van der Waals surface area contributed by atoms with E-state index in [1.807, 2.05) is 32.9 Å². The topological polar surface area (TPSA) is 127 Å². The molecule has 3 aliphatic rings. The number of hydrogen-bond acceptors (Lipinski definition) is 8. The van der Waals surface area contributed by atoms with E-state index in [0.29, 0.717) is 13.0 Å². The SMILES string of the molecule is CC(=O)O[C@H](C)C=CC(=O)N[C@@H]1C[C@H](C)[C@H](CC=C(C)C=C[C@H]2O[C@@](C)(CO)C[C@@]3(CO3)[C@@H]2O)O[C@@H]1C. The lowest BCUT2D eigenvalue weighted by atomic mass is 9.82. The van der Waals surface area contributed by atoms with Gasteiger partial charge in [0.15, 0.2) is 0 Å². The smallest absolute Gasteiger partial charge is 0.303 e. The van der Waals surface area contributed by atoms with Gasteiger partial charge in [-0.3, -0.25) is 9.59 Å². The third kappa shape index (κ3) is 7.97. The molecule has 3 fully saturated rings. The van der Waals surface area contributed by atoms with Crippen LogP contribution in [0.4, 0.5) is 0 Å². The Bertz CT molecular complexity index is 910. The number of epoxide rings is 1. The molecule has 208 valence electrons. The number of ether oxygens (including phenoxy) is 4. The molecule has 0 saturated carbocycles. The molecule has 9 atom stereocenters. The molecule has 0 radical (unpaired) electrons. The van der Waals surface area contributed by atoms with Gasteiger partial charge in [-0.25, -0.2) is 0 Å². The lowest BCUT2D eigenvalue weighted by Crippen LogP contribution is -2.56. The minimum atomic E-state index is -0.773. The number of carbonyl (C=O) groups excluding carboxylic acids is 2. The number of rotatable bonds is 9. The van der Waals surface area contributed by atoms with Crippen LogP contribution in [0, 0.1) is 5.92 Å². The van der Waals surface area contributed by atoms with Crippen LogP contribution in [-0.2, 0) is 28.5 Å². The molecule has 37 heavy (non-hydrogen) atoms. The van der Waals surface area contributed by atoms with E-state index in [1.54, 1.807) is 13.0 Å². The average Bonchev–Trinajstić information content (AvgIpc) is 3.59. The molecule has 3 N–H and O–H groups in total. The number of hydrogen-bond donors (Lipinski definition) is 3. The number of amides is 1. The van der Waals surface area contributed by atoms with Crippen molar-refractivity contribution < 1.29 is 38.7 Å². The summed E-state index contributed by atoms with van der Waals surface area (Å²) in [5.74, 6) is -0.398. The molecule has 3 saturated heterocycles. The molecule has 0 bridgehead atoms. The average molecular weight is 522 g/mol. The number of aliphatic hydroxyl groups excluding tert-OH is 2. The van der Waals surface area contributed by atoms with E-state index in [1.165, 1.54) is 13.0 Å². The third-order valence-corrected chi connectivity index (χ3v) is 7.43. The molecule has 1 amide bonds. The molecular formula is C28H43NO8. The van der Waals surface area contributed by atoms with Crippen molar-refractivity contribution in [3.8, 4) is 0 Å². The van der Waals surface area contributed by atoms with E-state index in [4.69, 9.17) is 18.9 Å². The predicted octanol–water partition coefficient (Wildman–Crippen LogP) is 2.35. The largest absolute Gasteiger partial charge is 0.459 e. The monoisotopic (exact) mass is 521 g/mol. The van der Waals surface area contributed by atoms with Crippen LogP contribution in [0.1, 0.15) is 60.8 Å². The highest BCUT2D eigenvalue weighted by Gasteiger charge is 2.61. The Morgan fingerprint density at radius 2 is 1.95 bits per heavy atom. The second-order valence-corrected chi connectivity index (χ2v) is 11.1. The first-order valence-electron chi connectivity index (χ1n) is 13.1. The Morgan fingerprint density at radius 3 is 2.57 bits per heavy atom.